The number of nitrogen functional groups attached to an aromatic ring is 1. The predicted molar refractivity (Wildman–Crippen MR) is 113 cm³/mol. The first-order valence-electron chi connectivity index (χ1n) is 9.23. The number of fused-ring (bicyclic) bond motifs is 1. The van der Waals surface area contributed by atoms with Crippen molar-refractivity contribution in [1.29, 1.82) is 0 Å². The van der Waals surface area contributed by atoms with Crippen molar-refractivity contribution in [2.24, 2.45) is 0 Å². The van der Waals surface area contributed by atoms with Crippen LogP contribution in [0.5, 0.6) is 0 Å². The van der Waals surface area contributed by atoms with Crippen LogP contribution in [-0.2, 0) is 11.2 Å². The quantitative estimate of drug-likeness (QED) is 0.360. The molecule has 3 N–H and O–H groups in total. The fourth-order valence-corrected chi connectivity index (χ4v) is 3.85. The molecule has 148 valence electrons. The number of hydrogen-bond acceptors (Lipinski definition) is 6. The van der Waals surface area contributed by atoms with E-state index in [9.17, 15) is 4.79 Å². The lowest BCUT2D eigenvalue weighted by Crippen LogP contribution is -2.28. The molecule has 0 aliphatic rings. The average molecular weight is 407 g/mol. The van der Waals surface area contributed by atoms with Crippen LogP contribution in [-0.4, -0.2) is 26.5 Å². The molecule has 2 aromatic heterocycles. The van der Waals surface area contributed by atoms with Gasteiger partial charge in [-0.25, -0.2) is 4.68 Å². The minimum atomic E-state index is -0.198. The SMILES string of the molecule is C[C@@H](NC(=O)CSc1nnc(Cc2cccc3ccccc23)n1N)c1ccco1. The molecule has 0 unspecified atom stereocenters. The number of carbonyl (C=O) groups excluding carboxylic acids is 1. The Bertz CT molecular complexity index is 1120. The highest BCUT2D eigenvalue weighted by molar-refractivity contribution is 7.99. The van der Waals surface area contributed by atoms with Gasteiger partial charge in [0.2, 0.25) is 11.1 Å². The van der Waals surface area contributed by atoms with Gasteiger partial charge >= 0.3 is 0 Å². The zero-order valence-electron chi connectivity index (χ0n) is 15.9. The van der Waals surface area contributed by atoms with E-state index in [1.165, 1.54) is 27.2 Å². The lowest BCUT2D eigenvalue weighted by atomic mass is 10.0. The lowest BCUT2D eigenvalue weighted by molar-refractivity contribution is -0.119. The number of rotatable bonds is 7. The van der Waals surface area contributed by atoms with E-state index in [0.29, 0.717) is 23.2 Å². The van der Waals surface area contributed by atoms with Gasteiger partial charge in [-0.2, -0.15) is 0 Å². The van der Waals surface area contributed by atoms with Gasteiger partial charge in [0.25, 0.3) is 0 Å². The molecule has 0 saturated heterocycles. The molecule has 1 amide bonds. The summed E-state index contributed by atoms with van der Waals surface area (Å²) in [7, 11) is 0. The summed E-state index contributed by atoms with van der Waals surface area (Å²) in [4.78, 5) is 12.2. The fourth-order valence-electron chi connectivity index (χ4n) is 3.17. The number of nitrogens with two attached hydrogens (primary N) is 1. The minimum Gasteiger partial charge on any atom is -0.467 e. The summed E-state index contributed by atoms with van der Waals surface area (Å²) in [6, 6.07) is 17.8. The molecule has 7 nitrogen and oxygen atoms in total. The van der Waals surface area contributed by atoms with Crippen molar-refractivity contribution < 1.29 is 9.21 Å². The molecular weight excluding hydrogens is 386 g/mol. The van der Waals surface area contributed by atoms with E-state index in [4.69, 9.17) is 10.3 Å². The van der Waals surface area contributed by atoms with Crippen molar-refractivity contribution in [3.63, 3.8) is 0 Å². The third kappa shape index (κ3) is 4.27. The van der Waals surface area contributed by atoms with Crippen molar-refractivity contribution in [2.75, 3.05) is 11.6 Å². The van der Waals surface area contributed by atoms with Gasteiger partial charge in [0.15, 0.2) is 5.82 Å². The number of hydrogen-bond donors (Lipinski definition) is 2. The normalized spacial score (nSPS) is 12.2. The maximum absolute atomic E-state index is 12.2. The molecule has 0 bridgehead atoms. The molecule has 2 heterocycles. The number of amides is 1. The summed E-state index contributed by atoms with van der Waals surface area (Å²) < 4.78 is 6.75. The molecule has 0 aliphatic carbocycles. The first kappa shape index (κ1) is 19.1. The van der Waals surface area contributed by atoms with E-state index in [2.05, 4.69) is 39.8 Å². The van der Waals surface area contributed by atoms with Crippen LogP contribution in [0.25, 0.3) is 10.8 Å². The van der Waals surface area contributed by atoms with Crippen molar-refractivity contribution in [3.8, 4) is 0 Å². The highest BCUT2D eigenvalue weighted by atomic mass is 32.2. The Morgan fingerprint density at radius 2 is 2.00 bits per heavy atom. The minimum absolute atomic E-state index is 0.127. The summed E-state index contributed by atoms with van der Waals surface area (Å²) in [5.41, 5.74) is 1.13. The molecule has 0 spiro atoms. The Hall–Kier alpha value is -3.26. The summed E-state index contributed by atoms with van der Waals surface area (Å²) >= 11 is 1.25. The Morgan fingerprint density at radius 1 is 1.17 bits per heavy atom. The number of furan rings is 1. The van der Waals surface area contributed by atoms with Crippen molar-refractivity contribution >= 4 is 28.4 Å². The number of aromatic nitrogens is 3. The van der Waals surface area contributed by atoms with Gasteiger partial charge in [0.1, 0.15) is 5.76 Å². The Labute approximate surface area is 172 Å². The van der Waals surface area contributed by atoms with Gasteiger partial charge in [-0.15, -0.1) is 10.2 Å². The molecule has 0 radical (unpaired) electrons. The van der Waals surface area contributed by atoms with Gasteiger partial charge in [-0.05, 0) is 35.4 Å². The van der Waals surface area contributed by atoms with Gasteiger partial charge in [0, 0.05) is 6.42 Å². The van der Waals surface area contributed by atoms with Gasteiger partial charge < -0.3 is 15.6 Å². The predicted octanol–water partition coefficient (Wildman–Crippen LogP) is 3.30. The molecule has 1 atom stereocenters. The first-order chi connectivity index (χ1) is 14.1. The number of benzene rings is 2. The maximum Gasteiger partial charge on any atom is 0.231 e. The Balaban J connectivity index is 1.40. The summed E-state index contributed by atoms with van der Waals surface area (Å²) in [5, 5.41) is 14.1. The van der Waals surface area contributed by atoms with E-state index < -0.39 is 0 Å². The highest BCUT2D eigenvalue weighted by Gasteiger charge is 2.16. The molecule has 0 fully saturated rings. The second kappa shape index (κ2) is 8.40. The van der Waals surface area contributed by atoms with Crippen LogP contribution in [0.1, 0.15) is 30.1 Å². The summed E-state index contributed by atoms with van der Waals surface area (Å²) in [6.45, 7) is 1.87. The molecule has 0 aliphatic heterocycles. The van der Waals surface area contributed by atoms with Crippen LogP contribution in [0.3, 0.4) is 0 Å². The van der Waals surface area contributed by atoms with Crippen LogP contribution in [0.2, 0.25) is 0 Å². The van der Waals surface area contributed by atoms with Crippen LogP contribution in [0, 0.1) is 0 Å². The number of nitrogens with zero attached hydrogens (tertiary/aromatic N) is 3. The number of nitrogens with one attached hydrogen (secondary N) is 1. The van der Waals surface area contributed by atoms with E-state index in [1.54, 1.807) is 12.3 Å². The van der Waals surface area contributed by atoms with Crippen LogP contribution < -0.4 is 11.2 Å². The zero-order chi connectivity index (χ0) is 20.2. The third-order valence-electron chi connectivity index (χ3n) is 4.64. The summed E-state index contributed by atoms with van der Waals surface area (Å²) in [5.74, 6) is 7.60. The molecular formula is C21H21N5O2S. The van der Waals surface area contributed by atoms with Crippen LogP contribution in [0.4, 0.5) is 0 Å². The van der Waals surface area contributed by atoms with Gasteiger partial charge in [-0.3, -0.25) is 4.79 Å². The smallest absolute Gasteiger partial charge is 0.231 e. The summed E-state index contributed by atoms with van der Waals surface area (Å²) in [6.07, 6.45) is 2.15. The van der Waals surface area contributed by atoms with E-state index in [0.717, 1.165) is 5.56 Å². The Kier molecular flexibility index (Phi) is 5.53. The number of thioether (sulfide) groups is 1. The van der Waals surface area contributed by atoms with Crippen LogP contribution in [0.15, 0.2) is 70.4 Å². The second-order valence-electron chi connectivity index (χ2n) is 6.68. The maximum atomic E-state index is 12.2. The van der Waals surface area contributed by atoms with E-state index in [-0.39, 0.29) is 17.7 Å². The molecule has 8 heteroatoms. The lowest BCUT2D eigenvalue weighted by Gasteiger charge is -2.11. The van der Waals surface area contributed by atoms with E-state index in [1.807, 2.05) is 31.2 Å². The topological polar surface area (TPSA) is 99.0 Å². The van der Waals surface area contributed by atoms with Crippen LogP contribution >= 0.6 is 11.8 Å². The van der Waals surface area contributed by atoms with Crippen molar-refractivity contribution in [2.45, 2.75) is 24.5 Å². The van der Waals surface area contributed by atoms with E-state index >= 15 is 0 Å². The Morgan fingerprint density at radius 3 is 2.83 bits per heavy atom. The first-order valence-corrected chi connectivity index (χ1v) is 10.2. The molecule has 4 aromatic rings. The third-order valence-corrected chi connectivity index (χ3v) is 5.59. The average Bonchev–Trinajstić information content (AvgIpc) is 3.38. The zero-order valence-corrected chi connectivity index (χ0v) is 16.7. The number of carbonyl (C=O) groups is 1. The van der Waals surface area contributed by atoms with Crippen molar-refractivity contribution in [3.05, 3.63) is 78.0 Å². The molecule has 4 rings (SSSR count). The largest absolute Gasteiger partial charge is 0.467 e. The highest BCUT2D eigenvalue weighted by Crippen LogP contribution is 2.22. The fraction of sp³-hybridized carbons (Fsp3) is 0.190. The molecule has 0 saturated carbocycles. The standard InChI is InChI=1S/C21H21N5O2S/c1-14(18-10-5-11-28-18)23-20(27)13-29-21-25-24-19(26(21)22)12-16-8-4-7-15-6-2-3-9-17(15)16/h2-11,14H,12-13,22H2,1H3,(H,23,27)/t14-/m1/s1. The molecule has 29 heavy (non-hydrogen) atoms. The molecule has 2 aromatic carbocycles. The van der Waals surface area contributed by atoms with Crippen molar-refractivity contribution in [1.82, 2.24) is 20.2 Å². The van der Waals surface area contributed by atoms with Gasteiger partial charge in [0.05, 0.1) is 18.1 Å². The monoisotopic (exact) mass is 407 g/mol. The second-order valence-corrected chi connectivity index (χ2v) is 7.62. The van der Waals surface area contributed by atoms with Gasteiger partial charge in [-0.1, -0.05) is 54.2 Å².